The Kier molecular flexibility index (Phi) is 31.1. The number of phosphoric ester groups is 1. The molecular weight excluding hydrogens is 613 g/mol. The fourth-order valence-electron chi connectivity index (χ4n) is 5.53. The Morgan fingerprint density at radius 3 is 1.49 bits per heavy atom. The van der Waals surface area contributed by atoms with Crippen LogP contribution in [0, 0.1) is 5.92 Å². The van der Waals surface area contributed by atoms with Crippen LogP contribution in [-0.4, -0.2) is 75.6 Å². The molecule has 0 radical (unpaired) electrons. The molecule has 0 saturated heterocycles. The molecular formula is C38H79NO7P+. The summed E-state index contributed by atoms with van der Waals surface area (Å²) in [4.78, 5) is 23.1. The number of nitrogens with zero attached hydrogens (tertiary/aromatic N) is 1. The van der Waals surface area contributed by atoms with Gasteiger partial charge in [-0.15, -0.1) is 0 Å². The largest absolute Gasteiger partial charge is 0.472 e. The number of rotatable bonds is 36. The molecule has 0 aliphatic heterocycles. The van der Waals surface area contributed by atoms with E-state index in [9.17, 15) is 14.3 Å². The number of quaternary nitrogens is 1. The topological polar surface area (TPSA) is 91.3 Å². The quantitative estimate of drug-likeness (QED) is 0.0302. The molecule has 1 N–H and O–H groups in total. The number of hydrogen-bond donors (Lipinski definition) is 1. The van der Waals surface area contributed by atoms with Crippen LogP contribution in [0.25, 0.3) is 0 Å². The lowest BCUT2D eigenvalue weighted by molar-refractivity contribution is -0.870. The molecule has 1 unspecified atom stereocenters. The smallest absolute Gasteiger partial charge is 0.457 e. The van der Waals surface area contributed by atoms with Crippen molar-refractivity contribution in [3.05, 3.63) is 0 Å². The molecule has 9 heteroatoms. The highest BCUT2D eigenvalue weighted by atomic mass is 31.2. The number of carbonyl (C=O) groups excluding carboxylic acids is 1. The molecule has 0 fully saturated rings. The first-order valence-electron chi connectivity index (χ1n) is 19.7. The summed E-state index contributed by atoms with van der Waals surface area (Å²) in [6, 6.07) is 0. The van der Waals surface area contributed by atoms with E-state index in [1.807, 2.05) is 28.1 Å². The van der Waals surface area contributed by atoms with E-state index in [0.29, 0.717) is 17.6 Å². The number of unbranched alkanes of at least 4 members (excludes halogenated alkanes) is 21. The highest BCUT2D eigenvalue weighted by molar-refractivity contribution is 7.47. The maximum absolute atomic E-state index is 12.9. The minimum atomic E-state index is -4.27. The normalized spacial score (nSPS) is 14.6. The van der Waals surface area contributed by atoms with Crippen LogP contribution in [0.5, 0.6) is 0 Å². The molecule has 282 valence electrons. The van der Waals surface area contributed by atoms with Gasteiger partial charge in [-0.1, -0.05) is 162 Å². The van der Waals surface area contributed by atoms with Gasteiger partial charge in [0.1, 0.15) is 19.3 Å². The van der Waals surface area contributed by atoms with Crippen LogP contribution in [0.2, 0.25) is 0 Å². The highest BCUT2D eigenvalue weighted by Crippen LogP contribution is 2.43. The lowest BCUT2D eigenvalue weighted by Crippen LogP contribution is -2.37. The summed E-state index contributed by atoms with van der Waals surface area (Å²) in [6.07, 6.45) is 29.3. The van der Waals surface area contributed by atoms with Crippen LogP contribution in [0.1, 0.15) is 175 Å². The van der Waals surface area contributed by atoms with E-state index in [0.717, 1.165) is 32.1 Å². The molecule has 0 spiro atoms. The van der Waals surface area contributed by atoms with Gasteiger partial charge in [-0.3, -0.25) is 13.8 Å². The Labute approximate surface area is 291 Å². The number of phosphoric acid groups is 1. The van der Waals surface area contributed by atoms with Gasteiger partial charge in [0.2, 0.25) is 0 Å². The van der Waals surface area contributed by atoms with Crippen molar-refractivity contribution in [3.63, 3.8) is 0 Å². The molecule has 0 amide bonds. The number of hydrogen-bond acceptors (Lipinski definition) is 6. The van der Waals surface area contributed by atoms with Gasteiger partial charge in [0.05, 0.1) is 40.3 Å². The molecule has 0 aromatic rings. The molecule has 8 nitrogen and oxygen atoms in total. The number of esters is 1. The maximum Gasteiger partial charge on any atom is 0.472 e. The van der Waals surface area contributed by atoms with Gasteiger partial charge in [-0.05, 0) is 12.8 Å². The van der Waals surface area contributed by atoms with Gasteiger partial charge in [0.15, 0.2) is 0 Å². The standard InChI is InChI=1S/C38H78NO7P/c1-7-9-11-13-15-17-18-19-20-21-23-25-27-29-32-43-34-37(35-45-47(41,42)44-33-31-39(4,5)6)46-38(40)36(3)30-28-26-24-22-16-14-12-10-8-2/h36-37H,7-35H2,1-6H3/p+1/t36-,37+/m1/s1. The van der Waals surface area contributed by atoms with Crippen molar-refractivity contribution < 1.29 is 37.3 Å². The average molecular weight is 693 g/mol. The van der Waals surface area contributed by atoms with Crippen LogP contribution in [-0.2, 0) is 27.9 Å². The first-order valence-corrected chi connectivity index (χ1v) is 21.2. The van der Waals surface area contributed by atoms with Crippen LogP contribution < -0.4 is 0 Å². The zero-order chi connectivity index (χ0) is 35.1. The van der Waals surface area contributed by atoms with E-state index < -0.39 is 13.9 Å². The Hall–Kier alpha value is -0.500. The van der Waals surface area contributed by atoms with E-state index in [-0.39, 0.29) is 31.7 Å². The Balaban J connectivity index is 4.38. The molecule has 0 aromatic carbocycles. The van der Waals surface area contributed by atoms with Gasteiger partial charge >= 0.3 is 13.8 Å². The Morgan fingerprint density at radius 1 is 0.617 bits per heavy atom. The summed E-state index contributed by atoms with van der Waals surface area (Å²) in [5.41, 5.74) is 0. The molecule has 0 rings (SSSR count). The monoisotopic (exact) mass is 693 g/mol. The predicted octanol–water partition coefficient (Wildman–Crippen LogP) is 10.8. The van der Waals surface area contributed by atoms with Crippen molar-refractivity contribution in [2.75, 3.05) is 54.1 Å². The first kappa shape index (κ1) is 46.5. The van der Waals surface area contributed by atoms with E-state index in [1.54, 1.807) is 0 Å². The lowest BCUT2D eigenvalue weighted by Gasteiger charge is -2.24. The summed E-state index contributed by atoms with van der Waals surface area (Å²) in [7, 11) is 1.67. The van der Waals surface area contributed by atoms with Crippen molar-refractivity contribution in [1.82, 2.24) is 0 Å². The number of likely N-dealkylation sites (N-methyl/N-ethyl adjacent to an activating group) is 1. The zero-order valence-electron chi connectivity index (χ0n) is 32.0. The summed E-state index contributed by atoms with van der Waals surface area (Å²) in [5.74, 6) is -0.549. The summed E-state index contributed by atoms with van der Waals surface area (Å²) in [6.45, 7) is 7.51. The van der Waals surface area contributed by atoms with Crippen molar-refractivity contribution in [3.8, 4) is 0 Å². The second-order valence-electron chi connectivity index (χ2n) is 14.9. The number of carbonyl (C=O) groups is 1. The van der Waals surface area contributed by atoms with Crippen molar-refractivity contribution in [2.24, 2.45) is 5.92 Å². The third-order valence-electron chi connectivity index (χ3n) is 8.81. The summed E-state index contributed by atoms with van der Waals surface area (Å²) >= 11 is 0. The predicted molar refractivity (Wildman–Crippen MR) is 197 cm³/mol. The summed E-state index contributed by atoms with van der Waals surface area (Å²) < 4.78 is 35.1. The molecule has 0 bridgehead atoms. The van der Waals surface area contributed by atoms with E-state index in [1.165, 1.54) is 122 Å². The van der Waals surface area contributed by atoms with Crippen LogP contribution in [0.15, 0.2) is 0 Å². The van der Waals surface area contributed by atoms with Crippen LogP contribution >= 0.6 is 7.82 Å². The molecule has 0 aromatic heterocycles. The highest BCUT2D eigenvalue weighted by Gasteiger charge is 2.27. The fourth-order valence-corrected chi connectivity index (χ4v) is 6.28. The van der Waals surface area contributed by atoms with Crippen LogP contribution in [0.4, 0.5) is 0 Å². The molecule has 47 heavy (non-hydrogen) atoms. The third-order valence-corrected chi connectivity index (χ3v) is 9.80. The summed E-state index contributed by atoms with van der Waals surface area (Å²) in [5, 5.41) is 0. The fraction of sp³-hybridized carbons (Fsp3) is 0.974. The second-order valence-corrected chi connectivity index (χ2v) is 16.3. The van der Waals surface area contributed by atoms with Crippen LogP contribution in [0.3, 0.4) is 0 Å². The minimum Gasteiger partial charge on any atom is -0.457 e. The van der Waals surface area contributed by atoms with Gasteiger partial charge in [-0.25, -0.2) is 4.57 Å². The van der Waals surface area contributed by atoms with Crippen molar-refractivity contribution in [1.29, 1.82) is 0 Å². The van der Waals surface area contributed by atoms with Crippen molar-refractivity contribution >= 4 is 13.8 Å². The lowest BCUT2D eigenvalue weighted by atomic mass is 10.0. The van der Waals surface area contributed by atoms with E-state index >= 15 is 0 Å². The first-order chi connectivity index (χ1) is 22.5. The van der Waals surface area contributed by atoms with Gasteiger partial charge in [0.25, 0.3) is 0 Å². The average Bonchev–Trinajstić information content (AvgIpc) is 3.01. The SMILES string of the molecule is CCCCCCCCCCCCCCCCOC[C@@H](COP(=O)(O)OCC[N+](C)(C)C)OC(=O)[C@H](C)CCCCCCCCCCC. The van der Waals surface area contributed by atoms with Gasteiger partial charge < -0.3 is 18.9 Å². The van der Waals surface area contributed by atoms with E-state index in [4.69, 9.17) is 18.5 Å². The minimum absolute atomic E-state index is 0.0904. The van der Waals surface area contributed by atoms with E-state index in [2.05, 4.69) is 13.8 Å². The Bertz CT molecular complexity index is 746. The zero-order valence-corrected chi connectivity index (χ0v) is 32.8. The molecule has 0 heterocycles. The third kappa shape index (κ3) is 33.8. The van der Waals surface area contributed by atoms with Gasteiger partial charge in [0, 0.05) is 6.61 Å². The molecule has 3 atom stereocenters. The molecule has 0 aliphatic rings. The van der Waals surface area contributed by atoms with Gasteiger partial charge in [-0.2, -0.15) is 0 Å². The molecule has 0 saturated carbocycles. The molecule has 0 aliphatic carbocycles. The second kappa shape index (κ2) is 31.5. The number of ether oxygens (including phenoxy) is 2. The van der Waals surface area contributed by atoms with Crippen molar-refractivity contribution in [2.45, 2.75) is 181 Å². The maximum atomic E-state index is 12.9. The Morgan fingerprint density at radius 2 is 1.04 bits per heavy atom.